The summed E-state index contributed by atoms with van der Waals surface area (Å²) in [5, 5.41) is 9.20. The van der Waals surface area contributed by atoms with Gasteiger partial charge in [-0.3, -0.25) is 4.40 Å². The molecule has 0 aliphatic rings. The number of rotatable bonds is 5. The van der Waals surface area contributed by atoms with Gasteiger partial charge in [0.2, 0.25) is 0 Å². The number of thioether (sulfide) groups is 1. The molecule has 0 atom stereocenters. The number of benzene rings is 1. The van der Waals surface area contributed by atoms with Crippen molar-refractivity contribution in [1.82, 2.24) is 19.6 Å². The molecule has 0 fully saturated rings. The van der Waals surface area contributed by atoms with Gasteiger partial charge in [-0.2, -0.15) is 0 Å². The molecule has 0 unspecified atom stereocenters. The van der Waals surface area contributed by atoms with Crippen LogP contribution in [0.3, 0.4) is 0 Å². The highest BCUT2D eigenvalue weighted by Gasteiger charge is 2.11. The van der Waals surface area contributed by atoms with Crippen LogP contribution in [0.4, 0.5) is 4.39 Å². The molecule has 0 aliphatic carbocycles. The van der Waals surface area contributed by atoms with E-state index in [0.29, 0.717) is 5.78 Å². The maximum absolute atomic E-state index is 13.2. The number of hydrogen-bond acceptors (Lipinski definition) is 4. The van der Waals surface area contributed by atoms with E-state index in [2.05, 4.69) is 22.1 Å². The smallest absolute Gasteiger partial charge is 0.255 e. The van der Waals surface area contributed by atoms with E-state index in [1.165, 1.54) is 6.07 Å². The monoisotopic (exact) mass is 316 g/mol. The van der Waals surface area contributed by atoms with Gasteiger partial charge in [0.1, 0.15) is 5.82 Å². The van der Waals surface area contributed by atoms with Crippen LogP contribution < -0.4 is 0 Å². The lowest BCUT2D eigenvalue weighted by atomic mass is 10.1. The molecular weight excluding hydrogens is 299 g/mol. The molecule has 2 heterocycles. The van der Waals surface area contributed by atoms with Gasteiger partial charge in [-0.15, -0.1) is 10.2 Å². The van der Waals surface area contributed by atoms with Gasteiger partial charge in [0.25, 0.3) is 5.78 Å². The van der Waals surface area contributed by atoms with Crippen LogP contribution in [0.15, 0.2) is 35.6 Å². The lowest BCUT2D eigenvalue weighted by Crippen LogP contribution is -2.00. The average Bonchev–Trinajstić information content (AvgIpc) is 2.91. The molecule has 3 rings (SSSR count). The van der Waals surface area contributed by atoms with Gasteiger partial charge < -0.3 is 0 Å². The summed E-state index contributed by atoms with van der Waals surface area (Å²) in [6, 6.07) is 6.88. The summed E-state index contributed by atoms with van der Waals surface area (Å²) < 4.78 is 15.2. The maximum atomic E-state index is 13.2. The lowest BCUT2D eigenvalue weighted by Gasteiger charge is -2.07. The highest BCUT2D eigenvalue weighted by atomic mass is 32.2. The van der Waals surface area contributed by atoms with Crippen molar-refractivity contribution in [3.05, 3.63) is 53.1 Å². The fourth-order valence-corrected chi connectivity index (χ4v) is 3.41. The second-order valence-electron chi connectivity index (χ2n) is 5.16. The second-order valence-corrected chi connectivity index (χ2v) is 6.11. The van der Waals surface area contributed by atoms with Crippen LogP contribution in [-0.4, -0.2) is 19.6 Å². The molecule has 4 nitrogen and oxygen atoms in total. The van der Waals surface area contributed by atoms with Crippen molar-refractivity contribution in [2.24, 2.45) is 0 Å². The second kappa shape index (κ2) is 6.44. The Morgan fingerprint density at radius 2 is 2.09 bits per heavy atom. The first-order chi connectivity index (χ1) is 10.7. The van der Waals surface area contributed by atoms with Crippen LogP contribution >= 0.6 is 11.8 Å². The zero-order valence-corrected chi connectivity index (χ0v) is 13.4. The third-order valence-corrected chi connectivity index (χ3v) is 4.51. The van der Waals surface area contributed by atoms with E-state index >= 15 is 0 Å². The van der Waals surface area contributed by atoms with Crippen molar-refractivity contribution in [3.8, 4) is 0 Å². The third kappa shape index (κ3) is 2.97. The molecule has 0 bridgehead atoms. The Kier molecular flexibility index (Phi) is 4.38. The summed E-state index contributed by atoms with van der Waals surface area (Å²) in [5.74, 6) is 1.16. The summed E-state index contributed by atoms with van der Waals surface area (Å²) in [6.45, 7) is 4.07. The van der Waals surface area contributed by atoms with Crippen LogP contribution in [0.25, 0.3) is 5.78 Å². The van der Waals surface area contributed by atoms with E-state index < -0.39 is 0 Å². The molecule has 0 saturated carbocycles. The molecule has 0 spiro atoms. The Bertz CT molecular complexity index is 800. The number of aryl methyl sites for hydroxylation is 2. The fraction of sp³-hybridized carbons (Fsp3) is 0.312. The van der Waals surface area contributed by atoms with Gasteiger partial charge in [-0.1, -0.05) is 31.2 Å². The van der Waals surface area contributed by atoms with Crippen molar-refractivity contribution < 1.29 is 4.39 Å². The van der Waals surface area contributed by atoms with Crippen molar-refractivity contribution in [1.29, 1.82) is 0 Å². The zero-order chi connectivity index (χ0) is 15.5. The average molecular weight is 316 g/mol. The SMILES string of the molecule is CCCc1ccnc2nnc(SCc3ccc(F)cc3C)n12. The summed E-state index contributed by atoms with van der Waals surface area (Å²) >= 11 is 1.60. The topological polar surface area (TPSA) is 43.1 Å². The highest BCUT2D eigenvalue weighted by Crippen LogP contribution is 2.24. The first-order valence-electron chi connectivity index (χ1n) is 7.26. The van der Waals surface area contributed by atoms with E-state index in [1.807, 2.05) is 23.5 Å². The van der Waals surface area contributed by atoms with Gasteiger partial charge >= 0.3 is 0 Å². The molecule has 3 aromatic rings. The van der Waals surface area contributed by atoms with E-state index in [-0.39, 0.29) is 5.82 Å². The molecule has 0 aliphatic heterocycles. The quantitative estimate of drug-likeness (QED) is 0.671. The van der Waals surface area contributed by atoms with E-state index in [9.17, 15) is 4.39 Å². The fourth-order valence-electron chi connectivity index (χ4n) is 2.37. The number of hydrogen-bond donors (Lipinski definition) is 0. The first kappa shape index (κ1) is 15.0. The van der Waals surface area contributed by atoms with Crippen molar-refractivity contribution >= 4 is 17.5 Å². The Morgan fingerprint density at radius 3 is 2.86 bits per heavy atom. The molecule has 22 heavy (non-hydrogen) atoms. The van der Waals surface area contributed by atoms with Crippen LogP contribution in [0.1, 0.15) is 30.2 Å². The number of fused-ring (bicyclic) bond motifs is 1. The molecule has 0 saturated heterocycles. The summed E-state index contributed by atoms with van der Waals surface area (Å²) in [5.41, 5.74) is 3.22. The largest absolute Gasteiger partial charge is 0.258 e. The third-order valence-electron chi connectivity index (χ3n) is 3.53. The minimum atomic E-state index is -0.200. The first-order valence-corrected chi connectivity index (χ1v) is 8.24. The van der Waals surface area contributed by atoms with E-state index in [4.69, 9.17) is 0 Å². The minimum absolute atomic E-state index is 0.200. The van der Waals surface area contributed by atoms with Gasteiger partial charge in [0.15, 0.2) is 5.16 Å². The van der Waals surface area contributed by atoms with Crippen molar-refractivity contribution in [3.63, 3.8) is 0 Å². The molecule has 114 valence electrons. The summed E-state index contributed by atoms with van der Waals surface area (Å²) in [7, 11) is 0. The predicted octanol–water partition coefficient (Wildman–Crippen LogP) is 3.82. The van der Waals surface area contributed by atoms with E-state index in [0.717, 1.165) is 40.6 Å². The van der Waals surface area contributed by atoms with Gasteiger partial charge in [-0.05, 0) is 42.7 Å². The maximum Gasteiger partial charge on any atom is 0.255 e. The molecule has 0 radical (unpaired) electrons. The van der Waals surface area contributed by atoms with E-state index in [1.54, 1.807) is 24.0 Å². The zero-order valence-electron chi connectivity index (χ0n) is 12.6. The summed E-state index contributed by atoms with van der Waals surface area (Å²) in [4.78, 5) is 4.26. The molecule has 6 heteroatoms. The van der Waals surface area contributed by atoms with Gasteiger partial charge in [0.05, 0.1) is 0 Å². The predicted molar refractivity (Wildman–Crippen MR) is 85.5 cm³/mol. The van der Waals surface area contributed by atoms with Gasteiger partial charge in [0, 0.05) is 17.6 Å². The summed E-state index contributed by atoms with van der Waals surface area (Å²) in [6.07, 6.45) is 3.78. The molecule has 2 aromatic heterocycles. The van der Waals surface area contributed by atoms with Crippen LogP contribution in [0.5, 0.6) is 0 Å². The van der Waals surface area contributed by atoms with Gasteiger partial charge in [-0.25, -0.2) is 9.37 Å². The minimum Gasteiger partial charge on any atom is -0.258 e. The Hall–Kier alpha value is -1.95. The molecular formula is C16H17FN4S. The molecule has 0 N–H and O–H groups in total. The normalized spacial score (nSPS) is 11.2. The van der Waals surface area contributed by atoms with Crippen LogP contribution in [0, 0.1) is 12.7 Å². The Labute approximate surface area is 132 Å². The van der Waals surface area contributed by atoms with Crippen LogP contribution in [-0.2, 0) is 12.2 Å². The highest BCUT2D eigenvalue weighted by molar-refractivity contribution is 7.98. The number of aromatic nitrogens is 4. The standard InChI is InChI=1S/C16H17FN4S/c1-3-4-14-7-8-18-15-19-20-16(21(14)15)22-10-12-5-6-13(17)9-11(12)2/h5-9H,3-4,10H2,1-2H3. The molecule has 1 aromatic carbocycles. The Morgan fingerprint density at radius 1 is 1.23 bits per heavy atom. The molecule has 0 amide bonds. The van der Waals surface area contributed by atoms with Crippen LogP contribution in [0.2, 0.25) is 0 Å². The van der Waals surface area contributed by atoms with Crippen molar-refractivity contribution in [2.45, 2.75) is 37.6 Å². The number of halogens is 1. The Balaban J connectivity index is 1.87. The number of nitrogens with zero attached hydrogens (tertiary/aromatic N) is 4. The lowest BCUT2D eigenvalue weighted by molar-refractivity contribution is 0.626. The van der Waals surface area contributed by atoms with Crippen molar-refractivity contribution in [2.75, 3.05) is 0 Å².